The molecule has 0 atom stereocenters. The molecule has 5 aromatic rings. The van der Waals surface area contributed by atoms with Crippen molar-refractivity contribution in [2.75, 3.05) is 0 Å². The van der Waals surface area contributed by atoms with Crippen LogP contribution in [0.25, 0.3) is 22.4 Å². The lowest BCUT2D eigenvalue weighted by Gasteiger charge is -2.33. The van der Waals surface area contributed by atoms with E-state index in [1.807, 2.05) is 35.8 Å². The number of rotatable bonds is 2. The van der Waals surface area contributed by atoms with Gasteiger partial charge in [-0.1, -0.05) is 107 Å². The van der Waals surface area contributed by atoms with Crippen LogP contribution in [0, 0.1) is 0 Å². The van der Waals surface area contributed by atoms with Crippen molar-refractivity contribution in [3.8, 4) is 22.4 Å². The van der Waals surface area contributed by atoms with Crippen LogP contribution in [0.1, 0.15) is 0 Å². The lowest BCUT2D eigenvalue weighted by atomic mass is 9.36. The van der Waals surface area contributed by atoms with E-state index in [0.29, 0.717) is 0 Å². The predicted molar refractivity (Wildman–Crippen MR) is 141 cm³/mol. The SMILES string of the molecule is c1ccc(-c2cc(-c3cccc4c3Sc3cccc5c3B4c3ccccc3S5)ccn2)cc1. The van der Waals surface area contributed by atoms with Crippen LogP contribution in [-0.2, 0) is 0 Å². The van der Waals surface area contributed by atoms with Gasteiger partial charge in [0.05, 0.1) is 5.69 Å². The molecule has 154 valence electrons. The summed E-state index contributed by atoms with van der Waals surface area (Å²) < 4.78 is 0. The Kier molecular flexibility index (Phi) is 4.49. The van der Waals surface area contributed by atoms with Crippen molar-refractivity contribution >= 4 is 46.6 Å². The van der Waals surface area contributed by atoms with Gasteiger partial charge in [0, 0.05) is 31.3 Å². The first-order valence-electron chi connectivity index (χ1n) is 11.1. The molecule has 2 aliphatic rings. The third-order valence-electron chi connectivity index (χ3n) is 6.47. The predicted octanol–water partition coefficient (Wildman–Crippen LogP) is 5.86. The Bertz CT molecular complexity index is 1530. The number of aromatic nitrogens is 1. The Hall–Kier alpha value is -3.21. The molecule has 4 aromatic carbocycles. The molecule has 0 bridgehead atoms. The monoisotopic (exact) mass is 455 g/mol. The van der Waals surface area contributed by atoms with Crippen LogP contribution < -0.4 is 16.4 Å². The Morgan fingerprint density at radius 3 is 2.21 bits per heavy atom. The molecule has 0 saturated heterocycles. The summed E-state index contributed by atoms with van der Waals surface area (Å²) in [6, 6.07) is 37.2. The maximum absolute atomic E-state index is 4.66. The lowest BCUT2D eigenvalue weighted by molar-refractivity contribution is 1.31. The molecule has 0 saturated carbocycles. The van der Waals surface area contributed by atoms with Crippen LogP contribution in [0.3, 0.4) is 0 Å². The quantitative estimate of drug-likeness (QED) is 0.303. The number of nitrogens with zero attached hydrogens (tertiary/aromatic N) is 1. The van der Waals surface area contributed by atoms with Crippen LogP contribution in [0.5, 0.6) is 0 Å². The molecule has 0 radical (unpaired) electrons. The summed E-state index contributed by atoms with van der Waals surface area (Å²) >= 11 is 3.82. The van der Waals surface area contributed by atoms with E-state index in [9.17, 15) is 0 Å². The number of hydrogen-bond acceptors (Lipinski definition) is 3. The Morgan fingerprint density at radius 1 is 0.576 bits per heavy atom. The summed E-state index contributed by atoms with van der Waals surface area (Å²) in [5.41, 5.74) is 8.94. The zero-order valence-electron chi connectivity index (χ0n) is 17.7. The summed E-state index contributed by atoms with van der Waals surface area (Å²) in [4.78, 5) is 10.1. The molecule has 7 rings (SSSR count). The van der Waals surface area contributed by atoms with Crippen molar-refractivity contribution in [3.05, 3.63) is 109 Å². The molecule has 3 heterocycles. The highest BCUT2D eigenvalue weighted by Gasteiger charge is 2.38. The molecule has 2 aliphatic heterocycles. The smallest absolute Gasteiger partial charge is 0.247 e. The number of pyridine rings is 1. The maximum atomic E-state index is 4.66. The molecular weight excluding hydrogens is 437 g/mol. The maximum Gasteiger partial charge on any atom is 0.247 e. The van der Waals surface area contributed by atoms with Crippen LogP contribution in [0.15, 0.2) is 129 Å². The van der Waals surface area contributed by atoms with Gasteiger partial charge in [-0.2, -0.15) is 0 Å². The molecular formula is C29H18BNS2. The van der Waals surface area contributed by atoms with E-state index in [1.54, 1.807) is 0 Å². The zero-order valence-corrected chi connectivity index (χ0v) is 19.4. The van der Waals surface area contributed by atoms with Gasteiger partial charge in [-0.25, -0.2) is 0 Å². The summed E-state index contributed by atoms with van der Waals surface area (Å²) in [6.45, 7) is 0.278. The zero-order chi connectivity index (χ0) is 21.8. The van der Waals surface area contributed by atoms with E-state index < -0.39 is 0 Å². The molecule has 1 nitrogen and oxygen atoms in total. The Balaban J connectivity index is 1.43. The second kappa shape index (κ2) is 7.69. The topological polar surface area (TPSA) is 12.9 Å². The fraction of sp³-hybridized carbons (Fsp3) is 0. The minimum Gasteiger partial charge on any atom is -0.256 e. The van der Waals surface area contributed by atoms with Gasteiger partial charge in [-0.3, -0.25) is 4.98 Å². The normalized spacial score (nSPS) is 13.2. The number of benzene rings is 4. The minimum absolute atomic E-state index is 0.278. The van der Waals surface area contributed by atoms with Crippen LogP contribution in [-0.4, -0.2) is 11.7 Å². The van der Waals surface area contributed by atoms with Crippen LogP contribution >= 0.6 is 23.5 Å². The highest BCUT2D eigenvalue weighted by Crippen LogP contribution is 2.41. The van der Waals surface area contributed by atoms with E-state index in [1.165, 1.54) is 47.1 Å². The van der Waals surface area contributed by atoms with Gasteiger partial charge in [0.1, 0.15) is 0 Å². The lowest BCUT2D eigenvalue weighted by Crippen LogP contribution is -2.58. The first-order chi connectivity index (χ1) is 16.4. The van der Waals surface area contributed by atoms with E-state index in [4.69, 9.17) is 0 Å². The van der Waals surface area contributed by atoms with E-state index in [-0.39, 0.29) is 6.71 Å². The van der Waals surface area contributed by atoms with Crippen molar-refractivity contribution in [3.63, 3.8) is 0 Å². The first kappa shape index (κ1) is 19.3. The summed E-state index contributed by atoms with van der Waals surface area (Å²) in [6.07, 6.45) is 1.93. The van der Waals surface area contributed by atoms with Gasteiger partial charge in [0.2, 0.25) is 6.71 Å². The summed E-state index contributed by atoms with van der Waals surface area (Å²) in [5, 5.41) is 0. The molecule has 0 aliphatic carbocycles. The first-order valence-corrected chi connectivity index (χ1v) is 12.7. The standard InChI is InChI=1S/C29H18BNS2/c1-2-8-19(9-3-1)24-18-20(16-17-31-24)21-10-6-12-23-29(21)33-27-15-7-14-26-28(27)30(23)22-11-4-5-13-25(22)32-26/h1-18H. The van der Waals surface area contributed by atoms with Gasteiger partial charge < -0.3 is 0 Å². The van der Waals surface area contributed by atoms with Crippen molar-refractivity contribution in [2.45, 2.75) is 19.6 Å². The van der Waals surface area contributed by atoms with Crippen molar-refractivity contribution in [1.82, 2.24) is 4.98 Å². The van der Waals surface area contributed by atoms with E-state index in [0.717, 1.165) is 11.3 Å². The molecule has 0 spiro atoms. The van der Waals surface area contributed by atoms with E-state index in [2.05, 4.69) is 102 Å². The van der Waals surface area contributed by atoms with Gasteiger partial charge in [0.25, 0.3) is 0 Å². The van der Waals surface area contributed by atoms with Crippen LogP contribution in [0.2, 0.25) is 0 Å². The largest absolute Gasteiger partial charge is 0.256 e. The minimum atomic E-state index is 0.278. The fourth-order valence-electron chi connectivity index (χ4n) is 4.99. The summed E-state index contributed by atoms with van der Waals surface area (Å²) in [5.74, 6) is 0. The second-order valence-corrected chi connectivity index (χ2v) is 10.5. The van der Waals surface area contributed by atoms with Gasteiger partial charge in [0.15, 0.2) is 0 Å². The molecule has 0 fully saturated rings. The van der Waals surface area contributed by atoms with Crippen molar-refractivity contribution in [2.24, 2.45) is 0 Å². The van der Waals surface area contributed by atoms with Crippen LogP contribution in [0.4, 0.5) is 0 Å². The molecule has 0 N–H and O–H groups in total. The molecule has 1 aromatic heterocycles. The highest BCUT2D eigenvalue weighted by molar-refractivity contribution is 8.01. The van der Waals surface area contributed by atoms with Gasteiger partial charge in [-0.15, -0.1) is 0 Å². The third-order valence-corrected chi connectivity index (χ3v) is 8.88. The van der Waals surface area contributed by atoms with Gasteiger partial charge in [-0.05, 0) is 46.9 Å². The highest BCUT2D eigenvalue weighted by atomic mass is 32.2. The molecule has 4 heteroatoms. The van der Waals surface area contributed by atoms with Gasteiger partial charge >= 0.3 is 0 Å². The van der Waals surface area contributed by atoms with Crippen molar-refractivity contribution in [1.29, 1.82) is 0 Å². The number of fused-ring (bicyclic) bond motifs is 4. The Morgan fingerprint density at radius 2 is 1.30 bits per heavy atom. The average Bonchev–Trinajstić information content (AvgIpc) is 2.89. The fourth-order valence-corrected chi connectivity index (χ4v) is 7.53. The third kappa shape index (κ3) is 3.09. The second-order valence-electron chi connectivity index (χ2n) is 8.36. The van der Waals surface area contributed by atoms with E-state index >= 15 is 0 Å². The molecule has 0 amide bonds. The molecule has 0 unspecified atom stereocenters. The summed E-state index contributed by atoms with van der Waals surface area (Å²) in [7, 11) is 0. The molecule has 33 heavy (non-hydrogen) atoms. The average molecular weight is 455 g/mol. The number of hydrogen-bond donors (Lipinski definition) is 0. The Labute approximate surface area is 202 Å². The van der Waals surface area contributed by atoms with Crippen molar-refractivity contribution < 1.29 is 0 Å².